The molecule has 0 aliphatic carbocycles. The molecule has 0 saturated heterocycles. The zero-order valence-corrected chi connectivity index (χ0v) is 22.6. The number of carbonyl (C=O) groups is 4. The fourth-order valence-electron chi connectivity index (χ4n) is 3.56. The van der Waals surface area contributed by atoms with Gasteiger partial charge in [0.2, 0.25) is 11.8 Å². The predicted octanol–water partition coefficient (Wildman–Crippen LogP) is 3.21. The van der Waals surface area contributed by atoms with Gasteiger partial charge in [-0.05, 0) is 52.5 Å². The van der Waals surface area contributed by atoms with E-state index in [4.69, 9.17) is 9.47 Å². The number of amides is 3. The van der Waals surface area contributed by atoms with Crippen LogP contribution in [0.2, 0.25) is 0 Å². The highest BCUT2D eigenvalue weighted by Crippen LogP contribution is 2.31. The Morgan fingerprint density at radius 1 is 1.14 bits per heavy atom. The zero-order chi connectivity index (χ0) is 27.6. The molecule has 3 N–H and O–H groups in total. The fraction of sp³-hybridized carbons (Fsp3) is 0.615. The number of ether oxygens (including phenoxy) is 2. The van der Waals surface area contributed by atoms with E-state index in [9.17, 15) is 24.3 Å². The Labute approximate surface area is 213 Å². The second kappa shape index (κ2) is 13.7. The maximum atomic E-state index is 13.6. The molecule has 202 valence electrons. The van der Waals surface area contributed by atoms with Crippen LogP contribution in [-0.4, -0.2) is 65.7 Å². The molecule has 0 saturated carbocycles. The maximum Gasteiger partial charge on any atom is 0.408 e. The molecule has 0 aliphatic rings. The van der Waals surface area contributed by atoms with Crippen LogP contribution in [0.5, 0.6) is 5.75 Å². The lowest BCUT2D eigenvalue weighted by Crippen LogP contribution is -2.52. The number of aryl methyl sites for hydroxylation is 1. The highest BCUT2D eigenvalue weighted by molar-refractivity contribution is 5.92. The number of carbonyl (C=O) groups excluding carboxylic acids is 4. The molecule has 2 atom stereocenters. The van der Waals surface area contributed by atoms with Gasteiger partial charge in [-0.1, -0.05) is 32.0 Å². The van der Waals surface area contributed by atoms with Gasteiger partial charge in [0.15, 0.2) is 0 Å². The third-order valence-corrected chi connectivity index (χ3v) is 5.18. The number of phenolic OH excluding ortho intramolecular Hbond substituents is 1. The quantitative estimate of drug-likeness (QED) is 0.392. The first-order chi connectivity index (χ1) is 16.7. The standard InChI is InChI=1S/C26H41N3O7/c1-9-35-20(30)13-14-27-23(32)21(18-12-10-11-17(4)22(18)31)29(8)24(33)19(15-16(2)3)28-25(34)36-26(5,6)7/h10-12,16,19,21,31H,9,13-15H2,1-8H3,(H,27,32)(H,28,34). The van der Waals surface area contributed by atoms with Crippen molar-refractivity contribution in [3.8, 4) is 5.75 Å². The number of hydrogen-bond donors (Lipinski definition) is 3. The van der Waals surface area contributed by atoms with E-state index < -0.39 is 41.6 Å². The minimum absolute atomic E-state index is 0.00560. The van der Waals surface area contributed by atoms with Crippen molar-refractivity contribution in [2.45, 2.75) is 79.0 Å². The number of nitrogens with one attached hydrogen (secondary N) is 2. The van der Waals surface area contributed by atoms with Crippen molar-refractivity contribution in [2.24, 2.45) is 5.92 Å². The van der Waals surface area contributed by atoms with Gasteiger partial charge >= 0.3 is 12.1 Å². The lowest BCUT2D eigenvalue weighted by molar-refractivity contribution is -0.144. The van der Waals surface area contributed by atoms with E-state index >= 15 is 0 Å². The number of alkyl carbamates (subject to hydrolysis) is 1. The van der Waals surface area contributed by atoms with Crippen LogP contribution in [-0.2, 0) is 23.9 Å². The van der Waals surface area contributed by atoms with Gasteiger partial charge < -0.3 is 30.1 Å². The summed E-state index contributed by atoms with van der Waals surface area (Å²) in [5.74, 6) is -1.65. The summed E-state index contributed by atoms with van der Waals surface area (Å²) in [7, 11) is 1.43. The summed E-state index contributed by atoms with van der Waals surface area (Å²) in [6.45, 7) is 12.6. The molecule has 0 aliphatic heterocycles. The summed E-state index contributed by atoms with van der Waals surface area (Å²) >= 11 is 0. The Kier molecular flexibility index (Phi) is 11.7. The minimum atomic E-state index is -1.21. The monoisotopic (exact) mass is 507 g/mol. The SMILES string of the molecule is CCOC(=O)CCNC(=O)C(c1cccc(C)c1O)N(C)C(=O)C(CC(C)C)NC(=O)OC(C)(C)C. The van der Waals surface area contributed by atoms with Crippen molar-refractivity contribution in [1.82, 2.24) is 15.5 Å². The van der Waals surface area contributed by atoms with Gasteiger partial charge in [0, 0.05) is 19.2 Å². The largest absolute Gasteiger partial charge is 0.507 e. The van der Waals surface area contributed by atoms with E-state index in [0.29, 0.717) is 12.0 Å². The van der Waals surface area contributed by atoms with E-state index in [-0.39, 0.29) is 36.8 Å². The van der Waals surface area contributed by atoms with Crippen LogP contribution in [0.3, 0.4) is 0 Å². The molecular formula is C26H41N3O7. The second-order valence-corrected chi connectivity index (χ2v) is 10.0. The summed E-state index contributed by atoms with van der Waals surface area (Å²) in [5.41, 5.74) is -0.000769. The molecule has 36 heavy (non-hydrogen) atoms. The van der Waals surface area contributed by atoms with Crippen molar-refractivity contribution in [3.05, 3.63) is 29.3 Å². The maximum absolute atomic E-state index is 13.6. The first-order valence-corrected chi connectivity index (χ1v) is 12.2. The van der Waals surface area contributed by atoms with Crippen molar-refractivity contribution < 1.29 is 33.8 Å². The molecule has 1 aromatic rings. The summed E-state index contributed by atoms with van der Waals surface area (Å²) in [6, 6.07) is 2.73. The van der Waals surface area contributed by atoms with E-state index in [0.717, 1.165) is 0 Å². The van der Waals surface area contributed by atoms with Gasteiger partial charge in [-0.25, -0.2) is 4.79 Å². The van der Waals surface area contributed by atoms with Gasteiger partial charge in [-0.2, -0.15) is 0 Å². The van der Waals surface area contributed by atoms with Crippen molar-refractivity contribution in [1.29, 1.82) is 0 Å². The van der Waals surface area contributed by atoms with Gasteiger partial charge in [0.25, 0.3) is 0 Å². The van der Waals surface area contributed by atoms with Crippen LogP contribution < -0.4 is 10.6 Å². The lowest BCUT2D eigenvalue weighted by atomic mass is 9.98. The third-order valence-electron chi connectivity index (χ3n) is 5.18. The highest BCUT2D eigenvalue weighted by Gasteiger charge is 2.35. The molecule has 10 heteroatoms. The number of para-hydroxylation sites is 1. The van der Waals surface area contributed by atoms with E-state index in [1.165, 1.54) is 11.9 Å². The number of rotatable bonds is 11. The molecule has 0 radical (unpaired) electrons. The Balaban J connectivity index is 3.26. The van der Waals surface area contributed by atoms with Crippen LogP contribution >= 0.6 is 0 Å². The third kappa shape index (κ3) is 9.75. The first kappa shape index (κ1) is 30.7. The Hall–Kier alpha value is -3.30. The second-order valence-electron chi connectivity index (χ2n) is 10.0. The molecule has 0 spiro atoms. The molecule has 0 heterocycles. The first-order valence-electron chi connectivity index (χ1n) is 12.2. The number of benzene rings is 1. The van der Waals surface area contributed by atoms with Gasteiger partial charge in [0.1, 0.15) is 23.4 Å². The van der Waals surface area contributed by atoms with Crippen LogP contribution in [0, 0.1) is 12.8 Å². The molecule has 3 amide bonds. The molecule has 10 nitrogen and oxygen atoms in total. The Morgan fingerprint density at radius 2 is 1.78 bits per heavy atom. The molecule has 0 fully saturated rings. The molecule has 2 unspecified atom stereocenters. The van der Waals surface area contributed by atoms with E-state index in [2.05, 4.69) is 10.6 Å². The minimum Gasteiger partial charge on any atom is -0.507 e. The summed E-state index contributed by atoms with van der Waals surface area (Å²) in [5, 5.41) is 16.0. The van der Waals surface area contributed by atoms with Crippen molar-refractivity contribution >= 4 is 23.9 Å². The Bertz CT molecular complexity index is 925. The van der Waals surface area contributed by atoms with Crippen LogP contribution in [0.1, 0.15) is 71.6 Å². The van der Waals surface area contributed by atoms with Crippen LogP contribution in [0.25, 0.3) is 0 Å². The summed E-state index contributed by atoms with van der Waals surface area (Å²) in [6.07, 6.45) is -0.483. The zero-order valence-electron chi connectivity index (χ0n) is 22.6. The summed E-state index contributed by atoms with van der Waals surface area (Å²) in [4.78, 5) is 52.2. The number of likely N-dealkylation sites (N-methyl/N-ethyl adjacent to an activating group) is 1. The predicted molar refractivity (Wildman–Crippen MR) is 135 cm³/mol. The van der Waals surface area contributed by atoms with Crippen molar-refractivity contribution in [3.63, 3.8) is 0 Å². The Morgan fingerprint density at radius 3 is 2.33 bits per heavy atom. The molecule has 0 aromatic heterocycles. The molecule has 1 rings (SSSR count). The number of aromatic hydroxyl groups is 1. The average molecular weight is 508 g/mol. The molecule has 1 aromatic carbocycles. The van der Waals surface area contributed by atoms with E-state index in [1.54, 1.807) is 52.8 Å². The van der Waals surface area contributed by atoms with Gasteiger partial charge in [-0.15, -0.1) is 0 Å². The average Bonchev–Trinajstić information content (AvgIpc) is 2.74. The highest BCUT2D eigenvalue weighted by atomic mass is 16.6. The number of esters is 1. The lowest BCUT2D eigenvalue weighted by Gasteiger charge is -2.32. The number of hydrogen-bond acceptors (Lipinski definition) is 7. The normalized spacial score (nSPS) is 12.9. The van der Waals surface area contributed by atoms with E-state index in [1.807, 2.05) is 13.8 Å². The van der Waals surface area contributed by atoms with Gasteiger partial charge in [0.05, 0.1) is 13.0 Å². The topological polar surface area (TPSA) is 134 Å². The van der Waals surface area contributed by atoms with Crippen LogP contribution in [0.15, 0.2) is 18.2 Å². The van der Waals surface area contributed by atoms with Gasteiger partial charge in [-0.3, -0.25) is 14.4 Å². The summed E-state index contributed by atoms with van der Waals surface area (Å²) < 4.78 is 10.2. The molecular weight excluding hydrogens is 466 g/mol. The van der Waals surface area contributed by atoms with Crippen LogP contribution in [0.4, 0.5) is 4.79 Å². The molecule has 0 bridgehead atoms. The van der Waals surface area contributed by atoms with Crippen molar-refractivity contribution in [2.75, 3.05) is 20.2 Å². The number of nitrogens with zero attached hydrogens (tertiary/aromatic N) is 1. The fourth-order valence-corrected chi connectivity index (χ4v) is 3.56. The number of phenols is 1. The smallest absolute Gasteiger partial charge is 0.408 e.